The molecular weight excluding hydrogens is 548 g/mol. The van der Waals surface area contributed by atoms with E-state index in [0.29, 0.717) is 0 Å². The lowest BCUT2D eigenvalue weighted by atomic mass is 9.94. The molecule has 0 fully saturated rings. The fraction of sp³-hybridized carbons (Fsp3) is 0. The molecule has 0 aliphatic rings. The minimum atomic E-state index is 1.04. The lowest BCUT2D eigenvalue weighted by Crippen LogP contribution is -1.96. The van der Waals surface area contributed by atoms with Crippen LogP contribution in [0, 0.1) is 0 Å². The molecule has 0 saturated carbocycles. The molecule has 34 heavy (non-hydrogen) atoms. The van der Waals surface area contributed by atoms with Gasteiger partial charge >= 0.3 is 0 Å². The molecule has 164 valence electrons. The Morgan fingerprint density at radius 1 is 0.412 bits per heavy atom. The fourth-order valence-corrected chi connectivity index (χ4v) is 5.37. The van der Waals surface area contributed by atoms with E-state index in [2.05, 4.69) is 127 Å². The first-order valence-corrected chi connectivity index (χ1v) is 12.7. The van der Waals surface area contributed by atoms with Gasteiger partial charge in [0.1, 0.15) is 0 Å². The van der Waals surface area contributed by atoms with Crippen molar-refractivity contribution in [3.8, 4) is 0 Å². The van der Waals surface area contributed by atoms with Crippen LogP contribution < -0.4 is 10.6 Å². The zero-order valence-electron chi connectivity index (χ0n) is 18.1. The smallest absolute Gasteiger partial charge is 0.0528 e. The summed E-state index contributed by atoms with van der Waals surface area (Å²) >= 11 is 7.36. The third-order valence-corrected chi connectivity index (χ3v) is 7.53. The zero-order chi connectivity index (χ0) is 23.1. The van der Waals surface area contributed by atoms with Crippen LogP contribution >= 0.6 is 31.9 Å². The van der Waals surface area contributed by atoms with E-state index in [4.69, 9.17) is 0 Å². The van der Waals surface area contributed by atoms with E-state index in [1.165, 1.54) is 32.3 Å². The van der Waals surface area contributed by atoms with Crippen LogP contribution in [0.5, 0.6) is 0 Å². The van der Waals surface area contributed by atoms with Gasteiger partial charge in [-0.2, -0.15) is 0 Å². The number of rotatable bonds is 4. The molecule has 0 unspecified atom stereocenters. The van der Waals surface area contributed by atoms with Crippen molar-refractivity contribution >= 4 is 86.9 Å². The van der Waals surface area contributed by atoms with E-state index >= 15 is 0 Å². The van der Waals surface area contributed by atoms with Crippen molar-refractivity contribution in [1.29, 1.82) is 0 Å². The van der Waals surface area contributed by atoms with Gasteiger partial charge in [-0.1, -0.05) is 72.8 Å². The summed E-state index contributed by atoms with van der Waals surface area (Å²) < 4.78 is 2.07. The van der Waals surface area contributed by atoms with Crippen molar-refractivity contribution < 1.29 is 0 Å². The summed E-state index contributed by atoms with van der Waals surface area (Å²) in [6.07, 6.45) is 0. The molecule has 4 heteroatoms. The van der Waals surface area contributed by atoms with E-state index < -0.39 is 0 Å². The standard InChI is InChI=1S/C30H20Br2N2/c31-24-13-5-7-15-26(24)33-28-17-19-18-29(34-27-16-8-6-14-25(27)32)21-10-2-4-12-23(21)30(19)22-11-3-1-9-20(22)28/h1-18,33-34H. The summed E-state index contributed by atoms with van der Waals surface area (Å²) in [6, 6.07) is 38.2. The highest BCUT2D eigenvalue weighted by atomic mass is 79.9. The van der Waals surface area contributed by atoms with Gasteiger partial charge in [-0.15, -0.1) is 0 Å². The van der Waals surface area contributed by atoms with Gasteiger partial charge < -0.3 is 10.6 Å². The molecule has 0 spiro atoms. The van der Waals surface area contributed by atoms with Crippen molar-refractivity contribution in [3.63, 3.8) is 0 Å². The van der Waals surface area contributed by atoms with E-state index in [9.17, 15) is 0 Å². The van der Waals surface area contributed by atoms with Gasteiger partial charge in [-0.05, 0) is 89.8 Å². The molecule has 2 nitrogen and oxygen atoms in total. The van der Waals surface area contributed by atoms with Crippen molar-refractivity contribution in [2.24, 2.45) is 0 Å². The Labute approximate surface area is 214 Å². The van der Waals surface area contributed by atoms with Crippen LogP contribution in [0.4, 0.5) is 22.7 Å². The van der Waals surface area contributed by atoms with Crippen LogP contribution in [0.3, 0.4) is 0 Å². The molecule has 6 rings (SSSR count). The van der Waals surface area contributed by atoms with Crippen LogP contribution in [0.25, 0.3) is 32.3 Å². The van der Waals surface area contributed by atoms with Gasteiger partial charge in [-0.25, -0.2) is 0 Å². The number of anilines is 4. The van der Waals surface area contributed by atoms with Gasteiger partial charge in [0.25, 0.3) is 0 Å². The highest BCUT2D eigenvalue weighted by Crippen LogP contribution is 2.41. The van der Waals surface area contributed by atoms with Crippen molar-refractivity contribution in [2.75, 3.05) is 10.6 Å². The van der Waals surface area contributed by atoms with Crippen LogP contribution in [0.15, 0.2) is 118 Å². The molecular formula is C30H20Br2N2. The molecule has 0 aromatic heterocycles. The molecule has 0 aliphatic heterocycles. The van der Waals surface area contributed by atoms with Gasteiger partial charge in [0, 0.05) is 31.1 Å². The van der Waals surface area contributed by atoms with E-state index in [1.807, 2.05) is 24.3 Å². The lowest BCUT2D eigenvalue weighted by Gasteiger charge is -2.18. The number of hydrogen-bond acceptors (Lipinski definition) is 2. The van der Waals surface area contributed by atoms with Gasteiger partial charge in [0.05, 0.1) is 11.4 Å². The van der Waals surface area contributed by atoms with E-state index in [-0.39, 0.29) is 0 Å². The van der Waals surface area contributed by atoms with Crippen molar-refractivity contribution in [1.82, 2.24) is 0 Å². The maximum absolute atomic E-state index is 3.68. The molecule has 0 bridgehead atoms. The van der Waals surface area contributed by atoms with E-state index in [0.717, 1.165) is 31.7 Å². The Balaban J connectivity index is 1.63. The highest BCUT2D eigenvalue weighted by Gasteiger charge is 2.14. The number of halogens is 2. The summed E-state index contributed by atoms with van der Waals surface area (Å²) in [5.74, 6) is 0. The second kappa shape index (κ2) is 8.79. The number of nitrogens with one attached hydrogen (secondary N) is 2. The fourth-order valence-electron chi connectivity index (χ4n) is 4.60. The molecule has 0 atom stereocenters. The van der Waals surface area contributed by atoms with Crippen molar-refractivity contribution in [3.05, 3.63) is 118 Å². The molecule has 6 aromatic rings. The first-order chi connectivity index (χ1) is 16.7. The van der Waals surface area contributed by atoms with Gasteiger partial charge in [0.2, 0.25) is 0 Å². The normalized spacial score (nSPS) is 11.2. The van der Waals surface area contributed by atoms with Gasteiger partial charge in [-0.3, -0.25) is 0 Å². The average molecular weight is 568 g/mol. The maximum Gasteiger partial charge on any atom is 0.0528 e. The molecule has 2 N–H and O–H groups in total. The third kappa shape index (κ3) is 3.73. The summed E-state index contributed by atoms with van der Waals surface area (Å²) in [7, 11) is 0. The van der Waals surface area contributed by atoms with Crippen LogP contribution in [0.1, 0.15) is 0 Å². The summed E-state index contributed by atoms with van der Waals surface area (Å²) in [5, 5.41) is 14.6. The van der Waals surface area contributed by atoms with Crippen LogP contribution in [0.2, 0.25) is 0 Å². The second-order valence-electron chi connectivity index (χ2n) is 8.25. The summed E-state index contributed by atoms with van der Waals surface area (Å²) in [4.78, 5) is 0. The molecule has 0 heterocycles. The Morgan fingerprint density at radius 2 is 0.794 bits per heavy atom. The highest BCUT2D eigenvalue weighted by molar-refractivity contribution is 9.11. The number of benzene rings is 6. The summed E-state index contributed by atoms with van der Waals surface area (Å²) in [6.45, 7) is 0. The Hall–Kier alpha value is -3.34. The molecule has 0 amide bonds. The first kappa shape index (κ1) is 21.2. The number of para-hydroxylation sites is 2. The number of hydrogen-bond donors (Lipinski definition) is 2. The third-order valence-electron chi connectivity index (χ3n) is 6.15. The van der Waals surface area contributed by atoms with Gasteiger partial charge in [0.15, 0.2) is 0 Å². The van der Waals surface area contributed by atoms with Crippen LogP contribution in [-0.4, -0.2) is 0 Å². The predicted molar refractivity (Wildman–Crippen MR) is 154 cm³/mol. The monoisotopic (exact) mass is 566 g/mol. The Bertz CT molecular complexity index is 1570. The maximum atomic E-state index is 3.68. The minimum absolute atomic E-state index is 1.04. The zero-order valence-corrected chi connectivity index (χ0v) is 21.3. The van der Waals surface area contributed by atoms with Crippen LogP contribution in [-0.2, 0) is 0 Å². The second-order valence-corrected chi connectivity index (χ2v) is 9.96. The minimum Gasteiger partial charge on any atom is -0.354 e. The Morgan fingerprint density at radius 3 is 1.24 bits per heavy atom. The SMILES string of the molecule is Brc1ccccc1Nc1cc2cc(Nc3ccccc3Br)c3ccccc3c2c2ccccc12. The largest absolute Gasteiger partial charge is 0.354 e. The Kier molecular flexibility index (Phi) is 5.48. The topological polar surface area (TPSA) is 24.1 Å². The summed E-state index contributed by atoms with van der Waals surface area (Å²) in [5.41, 5.74) is 4.24. The predicted octanol–water partition coefficient (Wildman–Crippen LogP) is 10.2. The molecule has 0 aliphatic carbocycles. The molecule has 0 radical (unpaired) electrons. The average Bonchev–Trinajstić information content (AvgIpc) is 2.87. The molecule has 0 saturated heterocycles. The number of fused-ring (bicyclic) bond motifs is 5. The van der Waals surface area contributed by atoms with E-state index in [1.54, 1.807) is 0 Å². The molecule has 6 aromatic carbocycles. The lowest BCUT2D eigenvalue weighted by molar-refractivity contribution is 1.54. The quantitative estimate of drug-likeness (QED) is 0.207. The van der Waals surface area contributed by atoms with Crippen molar-refractivity contribution in [2.45, 2.75) is 0 Å². The first-order valence-electron chi connectivity index (χ1n) is 11.1.